The maximum atomic E-state index is 13.0. The highest BCUT2D eigenvalue weighted by atomic mass is 19.4. The third-order valence-electron chi connectivity index (χ3n) is 4.61. The van der Waals surface area contributed by atoms with Gasteiger partial charge in [0.15, 0.2) is 0 Å². The Morgan fingerprint density at radius 1 is 1.10 bits per heavy atom. The number of hydrogen-bond donors (Lipinski definition) is 0. The molecule has 1 aliphatic heterocycles. The summed E-state index contributed by atoms with van der Waals surface area (Å²) in [4.78, 5) is 17.4. The Morgan fingerprint density at radius 3 is 2.43 bits per heavy atom. The fraction of sp³-hybridized carbons (Fsp3) is 0.250. The second-order valence-electron chi connectivity index (χ2n) is 6.73. The molecule has 1 aliphatic rings. The molecule has 2 heterocycles. The van der Waals surface area contributed by atoms with Gasteiger partial charge in [-0.05, 0) is 48.5 Å². The van der Waals surface area contributed by atoms with Crippen molar-refractivity contribution >= 4 is 5.91 Å². The summed E-state index contributed by atoms with van der Waals surface area (Å²) in [6.45, 7) is 0.875. The lowest BCUT2D eigenvalue weighted by atomic mass is 10.2. The predicted molar refractivity (Wildman–Crippen MR) is 96.1 cm³/mol. The number of likely N-dealkylation sites (tertiary alicyclic amines) is 1. The predicted octanol–water partition coefficient (Wildman–Crippen LogP) is 4.19. The fourth-order valence-corrected chi connectivity index (χ4v) is 3.11. The van der Waals surface area contributed by atoms with Crippen molar-refractivity contribution in [1.29, 1.82) is 0 Å². The van der Waals surface area contributed by atoms with E-state index in [1.54, 1.807) is 17.0 Å². The van der Waals surface area contributed by atoms with Gasteiger partial charge in [0.25, 0.3) is 5.91 Å². The molecule has 1 fully saturated rings. The lowest BCUT2D eigenvalue weighted by molar-refractivity contribution is -0.159. The highest BCUT2D eigenvalue weighted by molar-refractivity contribution is 5.94. The van der Waals surface area contributed by atoms with Gasteiger partial charge in [0.2, 0.25) is 5.82 Å². The Morgan fingerprint density at radius 2 is 1.80 bits per heavy atom. The molecule has 3 aromatic rings. The zero-order valence-corrected chi connectivity index (χ0v) is 15.4. The first-order valence-corrected chi connectivity index (χ1v) is 9.02. The highest BCUT2D eigenvalue weighted by Gasteiger charge is 2.38. The van der Waals surface area contributed by atoms with Gasteiger partial charge in [-0.15, -0.1) is 0 Å². The normalized spacial score (nSPS) is 16.7. The van der Waals surface area contributed by atoms with Gasteiger partial charge in [-0.25, -0.2) is 4.39 Å². The zero-order chi connectivity index (χ0) is 21.3. The van der Waals surface area contributed by atoms with Crippen LogP contribution in [0.5, 0.6) is 5.75 Å². The molecule has 2 aromatic carbocycles. The number of nitrogens with zero attached hydrogens (tertiary/aromatic N) is 3. The van der Waals surface area contributed by atoms with Crippen LogP contribution in [0.3, 0.4) is 0 Å². The summed E-state index contributed by atoms with van der Waals surface area (Å²) in [6.07, 6.45) is -4.31. The molecule has 0 saturated carbocycles. The average molecular weight is 421 g/mol. The van der Waals surface area contributed by atoms with Crippen molar-refractivity contribution in [3.63, 3.8) is 0 Å². The molecule has 1 amide bonds. The minimum atomic E-state index is -4.70. The molecule has 0 radical (unpaired) electrons. The lowest BCUT2D eigenvalue weighted by Gasteiger charge is -2.17. The van der Waals surface area contributed by atoms with Crippen molar-refractivity contribution in [2.45, 2.75) is 18.7 Å². The van der Waals surface area contributed by atoms with E-state index in [2.05, 4.69) is 14.7 Å². The monoisotopic (exact) mass is 421 g/mol. The van der Waals surface area contributed by atoms with Crippen molar-refractivity contribution < 1.29 is 31.6 Å². The molecule has 30 heavy (non-hydrogen) atoms. The van der Waals surface area contributed by atoms with Crippen LogP contribution < -0.4 is 4.74 Å². The molecule has 0 spiro atoms. The first-order valence-electron chi connectivity index (χ1n) is 9.02. The minimum absolute atomic E-state index is 0.175. The SMILES string of the molecule is O=C(c1ccc(F)cc1)N1CCC(Oc2ccc(-c3noc(C(F)(F)F)n3)cc2)C1. The molecule has 0 N–H and O–H groups in total. The molecule has 1 saturated heterocycles. The summed E-state index contributed by atoms with van der Waals surface area (Å²) < 4.78 is 60.8. The van der Waals surface area contributed by atoms with E-state index < -0.39 is 17.9 Å². The summed E-state index contributed by atoms with van der Waals surface area (Å²) in [7, 11) is 0. The maximum absolute atomic E-state index is 13.0. The second-order valence-corrected chi connectivity index (χ2v) is 6.73. The van der Waals surface area contributed by atoms with Gasteiger partial charge in [0.1, 0.15) is 17.7 Å². The first kappa shape index (κ1) is 19.9. The lowest BCUT2D eigenvalue weighted by Crippen LogP contribution is -2.30. The molecular formula is C20H15F4N3O3. The van der Waals surface area contributed by atoms with Crippen LogP contribution in [0.25, 0.3) is 11.4 Å². The molecular weight excluding hydrogens is 406 g/mol. The van der Waals surface area contributed by atoms with E-state index in [4.69, 9.17) is 4.74 Å². The van der Waals surface area contributed by atoms with Crippen molar-refractivity contribution in [2.75, 3.05) is 13.1 Å². The Kier molecular flexibility index (Phi) is 5.15. The smallest absolute Gasteiger partial charge is 0.471 e. The van der Waals surface area contributed by atoms with Crippen molar-refractivity contribution in [1.82, 2.24) is 15.0 Å². The first-order chi connectivity index (χ1) is 14.3. The summed E-state index contributed by atoms with van der Waals surface area (Å²) in [5.41, 5.74) is 0.751. The number of halogens is 4. The van der Waals surface area contributed by atoms with E-state index >= 15 is 0 Å². The average Bonchev–Trinajstić information content (AvgIpc) is 3.38. The number of carbonyl (C=O) groups is 1. The molecule has 4 rings (SSSR count). The number of alkyl halides is 3. The summed E-state index contributed by atoms with van der Waals surface area (Å²) >= 11 is 0. The quantitative estimate of drug-likeness (QED) is 0.591. The van der Waals surface area contributed by atoms with Gasteiger partial charge in [0.05, 0.1) is 6.54 Å². The van der Waals surface area contributed by atoms with Crippen molar-refractivity contribution in [2.24, 2.45) is 0 Å². The van der Waals surface area contributed by atoms with Gasteiger partial charge in [-0.2, -0.15) is 18.2 Å². The number of ether oxygens (including phenoxy) is 1. The number of amides is 1. The molecule has 10 heteroatoms. The highest BCUT2D eigenvalue weighted by Crippen LogP contribution is 2.30. The van der Waals surface area contributed by atoms with Crippen LogP contribution in [-0.2, 0) is 6.18 Å². The Balaban J connectivity index is 1.37. The standard InChI is InChI=1S/C20H15F4N3O3/c21-14-5-1-13(2-6-14)18(28)27-10-9-16(11-27)29-15-7-3-12(4-8-15)17-25-19(30-26-17)20(22,23)24/h1-8,16H,9-11H2. The van der Waals surface area contributed by atoms with Gasteiger partial charge in [-0.1, -0.05) is 5.16 Å². The van der Waals surface area contributed by atoms with E-state index in [0.29, 0.717) is 36.4 Å². The topological polar surface area (TPSA) is 68.5 Å². The number of aromatic nitrogens is 2. The molecule has 6 nitrogen and oxygen atoms in total. The molecule has 0 bridgehead atoms. The molecule has 1 unspecified atom stereocenters. The number of rotatable bonds is 4. The van der Waals surface area contributed by atoms with Crippen LogP contribution in [0.1, 0.15) is 22.7 Å². The van der Waals surface area contributed by atoms with E-state index in [1.165, 1.54) is 36.4 Å². The van der Waals surface area contributed by atoms with Crippen LogP contribution in [0, 0.1) is 5.82 Å². The van der Waals surface area contributed by atoms with E-state index in [0.717, 1.165) is 0 Å². The van der Waals surface area contributed by atoms with Crippen LogP contribution >= 0.6 is 0 Å². The van der Waals surface area contributed by atoms with E-state index in [-0.39, 0.29) is 17.8 Å². The largest absolute Gasteiger partial charge is 0.489 e. The number of carbonyl (C=O) groups excluding carboxylic acids is 1. The molecule has 156 valence electrons. The van der Waals surface area contributed by atoms with Gasteiger partial charge >= 0.3 is 12.1 Å². The minimum Gasteiger partial charge on any atom is -0.489 e. The van der Waals surface area contributed by atoms with E-state index in [9.17, 15) is 22.4 Å². The van der Waals surface area contributed by atoms with Crippen molar-refractivity contribution in [3.05, 3.63) is 65.8 Å². The Bertz CT molecular complexity index is 1030. The Labute approximate surface area is 168 Å². The Hall–Kier alpha value is -3.43. The van der Waals surface area contributed by atoms with Gasteiger partial charge in [-0.3, -0.25) is 4.79 Å². The van der Waals surface area contributed by atoms with E-state index in [1.807, 2.05) is 0 Å². The number of hydrogen-bond acceptors (Lipinski definition) is 5. The van der Waals surface area contributed by atoms with Gasteiger partial charge < -0.3 is 14.2 Å². The summed E-state index contributed by atoms with van der Waals surface area (Å²) in [5, 5.41) is 3.33. The molecule has 1 aromatic heterocycles. The van der Waals surface area contributed by atoms with Crippen molar-refractivity contribution in [3.8, 4) is 17.1 Å². The third-order valence-corrected chi connectivity index (χ3v) is 4.61. The maximum Gasteiger partial charge on any atom is 0.471 e. The van der Waals surface area contributed by atoms with Crippen LogP contribution in [-0.4, -0.2) is 40.1 Å². The van der Waals surface area contributed by atoms with Crippen LogP contribution in [0.15, 0.2) is 53.1 Å². The van der Waals surface area contributed by atoms with Crippen LogP contribution in [0.2, 0.25) is 0 Å². The number of benzene rings is 2. The van der Waals surface area contributed by atoms with Gasteiger partial charge in [0, 0.05) is 24.1 Å². The third kappa shape index (κ3) is 4.27. The zero-order valence-electron chi connectivity index (χ0n) is 15.4. The van der Waals surface area contributed by atoms with Crippen LogP contribution in [0.4, 0.5) is 17.6 Å². The summed E-state index contributed by atoms with van der Waals surface area (Å²) in [5.74, 6) is -1.69. The molecule has 1 atom stereocenters. The molecule has 0 aliphatic carbocycles. The summed E-state index contributed by atoms with van der Waals surface area (Å²) in [6, 6.07) is 11.6. The second kappa shape index (κ2) is 7.77. The fourth-order valence-electron chi connectivity index (χ4n) is 3.11.